The SMILES string of the molecule is C=C(C)C(=O)N(c1ccc(C)cc1)S(=O)[O-].C=C(C)C(=O)OCCCP(=O)(O)O.C=CC(=O)N(c1ccc(C)cc1)S(=O)[O-].C=CC(=O)NC(C)(C)CS(=O)(=O)O.C=Cc1ccc(S(=O)(=O)NC(C)=O)cc1.C=Cc1ccc(S(=O)(=O)NCOc2ccc(C)cc2)cc1.C=Cc1ccc(S(=O)(=O)NS(=O)(=O)c2ccccc2)cc1.C=Cc1ccc(S(=O)(=O)Nc2ccc(S(=O)(=O)O)cc2)cc1. The molecule has 9 rings (SSSR count). The summed E-state index contributed by atoms with van der Waals surface area (Å²) in [6, 6.07) is 56.9. The summed E-state index contributed by atoms with van der Waals surface area (Å²) in [5, 5.41) is 2.37. The van der Waals surface area contributed by atoms with Crippen LogP contribution in [-0.4, -0.2) is 156 Å². The summed E-state index contributed by atoms with van der Waals surface area (Å²) in [6.45, 7) is 40.3. The maximum atomic E-state index is 12.2. The van der Waals surface area contributed by atoms with Gasteiger partial charge in [-0.1, -0.05) is 197 Å². The van der Waals surface area contributed by atoms with Crippen molar-refractivity contribution in [3.8, 4) is 5.75 Å². The summed E-state index contributed by atoms with van der Waals surface area (Å²) in [6.07, 6.45) is 8.29. The minimum absolute atomic E-state index is 0.0107. The molecule has 0 saturated carbocycles. The van der Waals surface area contributed by atoms with Gasteiger partial charge in [-0.3, -0.25) is 46.0 Å². The lowest BCUT2D eigenvalue weighted by atomic mass is 10.1. The second kappa shape index (κ2) is 55.7. The van der Waals surface area contributed by atoms with Crippen LogP contribution in [0, 0.1) is 20.8 Å². The van der Waals surface area contributed by atoms with Crippen molar-refractivity contribution in [3.63, 3.8) is 0 Å². The summed E-state index contributed by atoms with van der Waals surface area (Å²) in [4.78, 5) is 71.7. The quantitative estimate of drug-likeness (QED) is 0.00344. The third-order valence-electron chi connectivity index (χ3n) is 16.3. The molecule has 136 heavy (non-hydrogen) atoms. The Balaban J connectivity index is 0.000000530. The van der Waals surface area contributed by atoms with Gasteiger partial charge >= 0.3 is 13.6 Å². The van der Waals surface area contributed by atoms with Gasteiger partial charge in [-0.15, -0.1) is 4.13 Å². The number of carbonyl (C=O) groups excluding carboxylic acids is 5. The zero-order valence-electron chi connectivity index (χ0n) is 74.4. The van der Waals surface area contributed by atoms with Gasteiger partial charge in [0.2, 0.25) is 21.8 Å². The highest BCUT2D eigenvalue weighted by Crippen LogP contribution is 2.35. The van der Waals surface area contributed by atoms with E-state index in [-0.39, 0.29) is 72.1 Å². The van der Waals surface area contributed by atoms with Crippen LogP contribution in [-0.2, 0) is 126 Å². The van der Waals surface area contributed by atoms with E-state index in [1.54, 1.807) is 132 Å². The zero-order chi connectivity index (χ0) is 104. The third kappa shape index (κ3) is 45.4. The van der Waals surface area contributed by atoms with Crippen LogP contribution in [0.15, 0.2) is 330 Å². The van der Waals surface area contributed by atoms with Crippen LogP contribution in [0.5, 0.6) is 5.75 Å². The van der Waals surface area contributed by atoms with Crippen LogP contribution in [0.25, 0.3) is 24.3 Å². The van der Waals surface area contributed by atoms with Crippen LogP contribution in [0.2, 0.25) is 0 Å². The van der Waals surface area contributed by atoms with E-state index < -0.39 is 141 Å². The van der Waals surface area contributed by atoms with Crippen LogP contribution in [0.1, 0.15) is 80.0 Å². The molecule has 2 unspecified atom stereocenters. The molecule has 37 nitrogen and oxygen atoms in total. The third-order valence-corrected chi connectivity index (χ3v) is 28.3. The Morgan fingerprint density at radius 1 is 0.471 bits per heavy atom. The zero-order valence-corrected chi connectivity index (χ0v) is 82.7. The van der Waals surface area contributed by atoms with Gasteiger partial charge in [0.1, 0.15) is 5.75 Å². The van der Waals surface area contributed by atoms with Crippen molar-refractivity contribution in [2.24, 2.45) is 0 Å². The number of carbonyl (C=O) groups is 5. The van der Waals surface area contributed by atoms with Gasteiger partial charge in [0.25, 0.3) is 72.1 Å². The number of anilines is 3. The van der Waals surface area contributed by atoms with Gasteiger partial charge in [-0.05, 0) is 211 Å². The highest BCUT2D eigenvalue weighted by atomic mass is 32.3. The molecule has 0 spiro atoms. The Kier molecular flexibility index (Phi) is 49.0. The van der Waals surface area contributed by atoms with Gasteiger partial charge in [0, 0.05) is 23.8 Å². The van der Waals surface area contributed by atoms with E-state index in [1.807, 2.05) is 37.6 Å². The van der Waals surface area contributed by atoms with E-state index in [1.165, 1.54) is 125 Å². The molecule has 47 heteroatoms. The number of hydrogen-bond donors (Lipinski definition) is 9. The van der Waals surface area contributed by atoms with E-state index in [9.17, 15) is 105 Å². The lowest BCUT2D eigenvalue weighted by molar-refractivity contribution is -0.139. The minimum Gasteiger partial charge on any atom is -0.755 e. The Labute approximate surface area is 798 Å². The molecule has 0 heterocycles. The molecular weight excluding hydrogens is 1970 g/mol. The van der Waals surface area contributed by atoms with E-state index in [4.69, 9.17) is 23.6 Å². The van der Waals surface area contributed by atoms with Gasteiger partial charge < -0.3 is 33.7 Å². The predicted molar refractivity (Wildman–Crippen MR) is 521 cm³/mol. The van der Waals surface area contributed by atoms with E-state index >= 15 is 0 Å². The van der Waals surface area contributed by atoms with Crippen molar-refractivity contribution < 1.29 is 133 Å². The molecule has 9 N–H and O–H groups in total. The van der Waals surface area contributed by atoms with Crippen LogP contribution < -0.4 is 37.0 Å². The average Bonchev–Trinajstić information content (AvgIpc) is 0.795. The first-order valence-corrected chi connectivity index (χ1v) is 53.0. The molecule has 0 aromatic heterocycles. The summed E-state index contributed by atoms with van der Waals surface area (Å²) in [5.41, 5.74) is 6.54. The number of amides is 4. The van der Waals surface area contributed by atoms with E-state index in [0.29, 0.717) is 25.7 Å². The fourth-order valence-corrected chi connectivity index (χ4v) is 18.6. The molecule has 4 amide bonds. The molecule has 0 radical (unpaired) electrons. The molecule has 0 aliphatic rings. The Bertz CT molecular complexity index is 6640. The summed E-state index contributed by atoms with van der Waals surface area (Å²) in [5.74, 6) is -2.84. The topological polar surface area (TPSA) is 588 Å². The lowest BCUT2D eigenvalue weighted by Crippen LogP contribution is -2.47. The smallest absolute Gasteiger partial charge is 0.333 e. The molecule has 0 fully saturated rings. The first-order chi connectivity index (χ1) is 63.0. The normalized spacial score (nSPS) is 11.6. The number of ether oxygens (including phenoxy) is 2. The van der Waals surface area contributed by atoms with Crippen molar-refractivity contribution in [1.82, 2.24) is 18.9 Å². The Morgan fingerprint density at radius 2 is 0.831 bits per heavy atom. The minimum atomic E-state index is -4.31. The summed E-state index contributed by atoms with van der Waals surface area (Å²) < 4.78 is 254. The molecule has 9 aromatic rings. The van der Waals surface area contributed by atoms with Crippen LogP contribution >= 0.6 is 7.60 Å². The number of sulfonamides is 5. The number of nitrogens with zero attached hydrogens (tertiary/aromatic N) is 2. The predicted octanol–water partition coefficient (Wildman–Crippen LogP) is 12.1. The summed E-state index contributed by atoms with van der Waals surface area (Å²) in [7, 11) is -31.7. The second-order valence-electron chi connectivity index (χ2n) is 28.3. The molecule has 0 saturated heterocycles. The van der Waals surface area contributed by atoms with E-state index in [2.05, 4.69) is 72.1 Å². The van der Waals surface area contributed by atoms with Gasteiger partial charge in [-0.2, -0.15) is 21.6 Å². The van der Waals surface area contributed by atoms with Crippen molar-refractivity contribution in [1.29, 1.82) is 0 Å². The number of rotatable bonds is 34. The van der Waals surface area contributed by atoms with Crippen LogP contribution in [0.4, 0.5) is 17.1 Å². The molecule has 2 atom stereocenters. The largest absolute Gasteiger partial charge is 0.755 e. The van der Waals surface area contributed by atoms with Gasteiger partial charge in [0.05, 0.1) is 87.3 Å². The van der Waals surface area contributed by atoms with Gasteiger partial charge in [0.15, 0.2) is 6.73 Å². The number of esters is 1. The molecule has 734 valence electrons. The van der Waals surface area contributed by atoms with Crippen molar-refractivity contribution in [2.75, 3.05) is 38.6 Å². The highest BCUT2D eigenvalue weighted by Gasteiger charge is 2.28. The van der Waals surface area contributed by atoms with Crippen molar-refractivity contribution >= 4 is 171 Å². The molecule has 0 bridgehead atoms. The maximum Gasteiger partial charge on any atom is 0.333 e. The number of hydrogen-bond acceptors (Lipinski definition) is 26. The lowest BCUT2D eigenvalue weighted by Gasteiger charge is -2.24. The molecule has 9 aromatic carbocycles. The average molecular weight is 2070 g/mol. The molecule has 0 aliphatic heterocycles. The maximum absolute atomic E-state index is 12.2. The second-order valence-corrected chi connectivity index (χ2v) is 43.3. The number of benzene rings is 9. The van der Waals surface area contributed by atoms with Gasteiger partial charge in [-0.25, -0.2) is 60.2 Å². The molecular formula is C89H102N7O30PS9-2. The van der Waals surface area contributed by atoms with Crippen molar-refractivity contribution in [3.05, 3.63) is 339 Å². The Morgan fingerprint density at radius 3 is 1.17 bits per heavy atom. The highest BCUT2D eigenvalue weighted by molar-refractivity contribution is 8.04. The summed E-state index contributed by atoms with van der Waals surface area (Å²) >= 11 is -5.27. The first kappa shape index (κ1) is 120. The fourth-order valence-electron chi connectivity index (χ4n) is 9.65. The van der Waals surface area contributed by atoms with Crippen molar-refractivity contribution in [2.45, 2.75) is 96.7 Å². The Hall–Kier alpha value is -12.3. The first-order valence-electron chi connectivity index (χ1n) is 38.6. The fraction of sp³-hybridized carbons (Fsp3) is 0.157. The van der Waals surface area contributed by atoms with Crippen LogP contribution in [0.3, 0.4) is 0 Å². The number of nitrogens with one attached hydrogen (secondary N) is 5. The van der Waals surface area contributed by atoms with E-state index in [0.717, 1.165) is 70.2 Å². The molecule has 0 aliphatic carbocycles. The monoisotopic (exact) mass is 2070 g/mol. The standard InChI is InChI=1S/C16H17NO3S.C14H13NO5S2.C14H13NO4S2.C11H13NO3S.2C10H11NO3S.C7H13NO4S.C7H13O5P/c1-3-14-6-10-16(11-7-14)21(18,19)17-12-20-15-8-4-13(2)5-9-15;1-2-11-3-7-13(8-4-11)21(16,17)15-12-5-9-14(10-6-12)22(18,19)20;1-2-12-8-10-14(11-9-12)21(18,19)15-20(16,17)13-6-4-3-5-7-13;1-8(2)11(13)12(16(14)15)10-6-4-9(3)5-7-10;1-3-9-4-6-10(7-5-9)15(13,14)11-8(2)12;1-3-10(12)11(15(13)14)9-6-4-8(2)5-7-9;1-4-6(9)8-7(2,3)5-13(10,11)12;1-6(2)7(8)12-4-3-5-13(9,10)11/h3-11,17H,1,12H2,2H3;2-10,15H,1H2,(H,18,19,20);2-11,15H,1H2;4-7H,1H2,2-3H3,(H,14,15);3-7H,1H2,2H3,(H,11,12);3-7H,1H2,2H3,(H,13,14);4H,1,5H2,2-3H3,(H,8,9)(H,10,11,12);1,3-5H2,2H3,(H2,9,10,11)/p-2. The number of aryl methyl sites for hydroxylation is 3.